The van der Waals surface area contributed by atoms with Gasteiger partial charge in [0, 0.05) is 24.6 Å². The average Bonchev–Trinajstić information content (AvgIpc) is 3.45. The summed E-state index contributed by atoms with van der Waals surface area (Å²) in [6.07, 6.45) is 2.86. The van der Waals surface area contributed by atoms with E-state index in [4.69, 9.17) is 13.7 Å². The number of rotatable bonds is 7. The van der Waals surface area contributed by atoms with E-state index in [-0.39, 0.29) is 17.7 Å². The van der Waals surface area contributed by atoms with Gasteiger partial charge in [-0.15, -0.1) is 0 Å². The molecule has 0 saturated carbocycles. The molecule has 0 radical (unpaired) electrons. The summed E-state index contributed by atoms with van der Waals surface area (Å²) in [6, 6.07) is 10.8. The van der Waals surface area contributed by atoms with Gasteiger partial charge in [0.2, 0.25) is 5.91 Å². The number of benzene rings is 1. The van der Waals surface area contributed by atoms with Crippen LogP contribution in [0, 0.1) is 19.8 Å². The minimum atomic E-state index is -0.0984. The Hall–Kier alpha value is -3.55. The van der Waals surface area contributed by atoms with Gasteiger partial charge in [-0.2, -0.15) is 0 Å². The molecule has 0 atom stereocenters. The molecule has 1 aliphatic rings. The van der Waals surface area contributed by atoms with Gasteiger partial charge in [0.15, 0.2) is 0 Å². The van der Waals surface area contributed by atoms with E-state index in [1.165, 1.54) is 0 Å². The lowest BCUT2D eigenvalue weighted by Gasteiger charge is -2.31. The monoisotopic (exact) mass is 437 g/mol. The number of likely N-dealkylation sites (tertiary alicyclic amines) is 1. The molecule has 1 aliphatic heterocycles. The third kappa shape index (κ3) is 5.01. The van der Waals surface area contributed by atoms with Crippen LogP contribution in [0.5, 0.6) is 5.75 Å². The third-order valence-corrected chi connectivity index (χ3v) is 5.82. The molecule has 0 aliphatic carbocycles. The molecule has 1 saturated heterocycles. The zero-order valence-electron chi connectivity index (χ0n) is 18.3. The molecular weight excluding hydrogens is 410 g/mol. The number of aryl methyl sites for hydroxylation is 2. The Kier molecular flexibility index (Phi) is 6.58. The zero-order chi connectivity index (χ0) is 22.5. The van der Waals surface area contributed by atoms with Crippen molar-refractivity contribution in [3.63, 3.8) is 0 Å². The number of hydrogen-bond acceptors (Lipinski definition) is 6. The highest BCUT2D eigenvalue weighted by Gasteiger charge is 2.28. The van der Waals surface area contributed by atoms with Crippen LogP contribution in [0.4, 0.5) is 0 Å². The van der Waals surface area contributed by atoms with Crippen molar-refractivity contribution in [2.24, 2.45) is 5.92 Å². The Balaban J connectivity index is 1.29. The van der Waals surface area contributed by atoms with Gasteiger partial charge in [-0.05, 0) is 57.0 Å². The van der Waals surface area contributed by atoms with E-state index in [9.17, 15) is 9.59 Å². The molecule has 1 fully saturated rings. The molecule has 8 heteroatoms. The molecule has 1 aromatic carbocycles. The average molecular weight is 437 g/mol. The second-order valence-electron chi connectivity index (χ2n) is 7.98. The van der Waals surface area contributed by atoms with Crippen LogP contribution >= 0.6 is 0 Å². The number of hydrogen-bond donors (Lipinski definition) is 1. The Morgan fingerprint density at radius 2 is 2.00 bits per heavy atom. The van der Waals surface area contributed by atoms with Crippen molar-refractivity contribution in [3.05, 3.63) is 71.0 Å². The van der Waals surface area contributed by atoms with Gasteiger partial charge >= 0.3 is 0 Å². The topological polar surface area (TPSA) is 97.8 Å². The lowest BCUT2D eigenvalue weighted by Crippen LogP contribution is -2.42. The van der Waals surface area contributed by atoms with Crippen LogP contribution in [0.2, 0.25) is 0 Å². The molecule has 0 bridgehead atoms. The second-order valence-corrected chi connectivity index (χ2v) is 7.98. The quantitative estimate of drug-likeness (QED) is 0.606. The molecule has 168 valence electrons. The largest absolute Gasteiger partial charge is 0.489 e. The maximum Gasteiger partial charge on any atom is 0.253 e. The second kappa shape index (κ2) is 9.72. The van der Waals surface area contributed by atoms with Gasteiger partial charge in [0.25, 0.3) is 5.91 Å². The number of ether oxygens (including phenoxy) is 1. The number of amides is 2. The maximum atomic E-state index is 13.0. The Labute approximate surface area is 186 Å². The summed E-state index contributed by atoms with van der Waals surface area (Å²) in [5.41, 5.74) is 2.28. The first-order valence-corrected chi connectivity index (χ1v) is 10.7. The van der Waals surface area contributed by atoms with E-state index in [1.54, 1.807) is 29.4 Å². The highest BCUT2D eigenvalue weighted by atomic mass is 16.5. The molecule has 1 N–H and O–H groups in total. The van der Waals surface area contributed by atoms with Crippen molar-refractivity contribution in [1.82, 2.24) is 15.4 Å². The SMILES string of the molecule is Cc1noc(C)c1COc1cccc(C(=O)N2CCC(C(=O)NCc3ccco3)CC2)c1. The van der Waals surface area contributed by atoms with Crippen LogP contribution in [-0.2, 0) is 17.9 Å². The van der Waals surface area contributed by atoms with Crippen LogP contribution in [-0.4, -0.2) is 35.0 Å². The first-order chi connectivity index (χ1) is 15.5. The van der Waals surface area contributed by atoms with Crippen molar-refractivity contribution in [1.29, 1.82) is 0 Å². The highest BCUT2D eigenvalue weighted by Crippen LogP contribution is 2.22. The van der Waals surface area contributed by atoms with Crippen LogP contribution in [0.25, 0.3) is 0 Å². The van der Waals surface area contributed by atoms with Crippen LogP contribution < -0.4 is 10.1 Å². The fourth-order valence-electron chi connectivity index (χ4n) is 3.84. The summed E-state index contributed by atoms with van der Waals surface area (Å²) in [6.45, 7) is 5.52. The van der Waals surface area contributed by atoms with E-state index in [0.29, 0.717) is 50.4 Å². The minimum absolute atomic E-state index is 0.00298. The predicted octanol–water partition coefficient (Wildman–Crippen LogP) is 3.63. The van der Waals surface area contributed by atoms with Gasteiger partial charge in [-0.1, -0.05) is 11.2 Å². The molecule has 0 spiro atoms. The molecular formula is C24H27N3O5. The number of furan rings is 1. The Morgan fingerprint density at radius 3 is 2.69 bits per heavy atom. The van der Waals surface area contributed by atoms with Gasteiger partial charge in [-0.3, -0.25) is 9.59 Å². The summed E-state index contributed by atoms with van der Waals surface area (Å²) in [5.74, 6) is 1.92. The summed E-state index contributed by atoms with van der Waals surface area (Å²) in [4.78, 5) is 27.2. The molecule has 8 nitrogen and oxygen atoms in total. The van der Waals surface area contributed by atoms with Gasteiger partial charge < -0.3 is 23.9 Å². The van der Waals surface area contributed by atoms with Crippen LogP contribution in [0.15, 0.2) is 51.6 Å². The van der Waals surface area contributed by atoms with Crippen LogP contribution in [0.3, 0.4) is 0 Å². The third-order valence-electron chi connectivity index (χ3n) is 5.82. The summed E-state index contributed by atoms with van der Waals surface area (Å²) in [5, 5.41) is 6.84. The first kappa shape index (κ1) is 21.7. The molecule has 32 heavy (non-hydrogen) atoms. The maximum absolute atomic E-state index is 13.0. The smallest absolute Gasteiger partial charge is 0.253 e. The molecule has 2 aromatic heterocycles. The lowest BCUT2D eigenvalue weighted by molar-refractivity contribution is -0.126. The minimum Gasteiger partial charge on any atom is -0.489 e. The van der Waals surface area contributed by atoms with E-state index in [1.807, 2.05) is 32.0 Å². The number of carbonyl (C=O) groups excluding carboxylic acids is 2. The molecule has 4 rings (SSSR count). The Bertz CT molecular complexity index is 1050. The van der Waals surface area contributed by atoms with Gasteiger partial charge in [0.05, 0.1) is 24.1 Å². The first-order valence-electron chi connectivity index (χ1n) is 10.7. The highest BCUT2D eigenvalue weighted by molar-refractivity contribution is 5.94. The number of aromatic nitrogens is 1. The predicted molar refractivity (Wildman–Crippen MR) is 116 cm³/mol. The van der Waals surface area contributed by atoms with Crippen molar-refractivity contribution in [2.75, 3.05) is 13.1 Å². The normalized spacial score (nSPS) is 14.4. The number of nitrogens with zero attached hydrogens (tertiary/aromatic N) is 2. The van der Waals surface area contributed by atoms with E-state index < -0.39 is 0 Å². The fraction of sp³-hybridized carbons (Fsp3) is 0.375. The number of nitrogens with one attached hydrogen (secondary N) is 1. The van der Waals surface area contributed by atoms with E-state index in [0.717, 1.165) is 22.8 Å². The van der Waals surface area contributed by atoms with Crippen LogP contribution in [0.1, 0.15) is 46.0 Å². The van der Waals surface area contributed by atoms with Crippen molar-refractivity contribution in [3.8, 4) is 5.75 Å². The summed E-state index contributed by atoms with van der Waals surface area (Å²) in [7, 11) is 0. The summed E-state index contributed by atoms with van der Waals surface area (Å²) >= 11 is 0. The van der Waals surface area contributed by atoms with Gasteiger partial charge in [-0.25, -0.2) is 0 Å². The van der Waals surface area contributed by atoms with Crippen molar-refractivity contribution < 1.29 is 23.3 Å². The molecule has 3 heterocycles. The lowest BCUT2D eigenvalue weighted by atomic mass is 9.95. The van der Waals surface area contributed by atoms with Crippen molar-refractivity contribution >= 4 is 11.8 Å². The van der Waals surface area contributed by atoms with Crippen molar-refractivity contribution in [2.45, 2.75) is 39.8 Å². The summed E-state index contributed by atoms with van der Waals surface area (Å²) < 4.78 is 16.3. The zero-order valence-corrected chi connectivity index (χ0v) is 18.3. The van der Waals surface area contributed by atoms with E-state index in [2.05, 4.69) is 10.5 Å². The van der Waals surface area contributed by atoms with E-state index >= 15 is 0 Å². The molecule has 3 aromatic rings. The Morgan fingerprint density at radius 1 is 1.19 bits per heavy atom. The standard InChI is InChI=1S/C24H27N3O5/c1-16-22(17(2)32-26-16)15-31-20-6-3-5-19(13-20)24(29)27-10-8-18(9-11-27)23(28)25-14-21-7-4-12-30-21/h3-7,12-13,18H,8-11,14-15H2,1-2H3,(H,25,28). The number of piperidine rings is 1. The number of carbonyl (C=O) groups is 2. The molecule has 2 amide bonds. The van der Waals surface area contributed by atoms with Gasteiger partial charge in [0.1, 0.15) is 23.9 Å². The fourth-order valence-corrected chi connectivity index (χ4v) is 3.84. The molecule has 0 unspecified atom stereocenters.